The molecular weight excluding hydrogens is 215 g/mol. The Labute approximate surface area is 136 Å². The minimum atomic E-state index is -1.13. The molecule has 0 unspecified atom stereocenters. The third kappa shape index (κ3) is 6.85. The molecule has 0 aliphatic carbocycles. The second kappa shape index (κ2) is 10.5. The van der Waals surface area contributed by atoms with Gasteiger partial charge in [-0.1, -0.05) is 30.3 Å². The van der Waals surface area contributed by atoms with Gasteiger partial charge in [0.1, 0.15) is 0 Å². The molecule has 0 aliphatic rings. The minimum Gasteiger partial charge on any atom is -1.00 e. The zero-order chi connectivity index (χ0) is 6.69. The molecule has 1 rings (SSSR count). The molecule has 0 saturated carbocycles. The first kappa shape index (κ1) is 19.0. The van der Waals surface area contributed by atoms with Gasteiger partial charge < -0.3 is 22.3 Å². The first-order valence-electron chi connectivity index (χ1n) is 2.57. The van der Waals surface area contributed by atoms with Crippen molar-refractivity contribution in [2.24, 2.45) is 0 Å². The number of benzene rings is 1. The number of carbonyl (C=O) groups is 1. The van der Waals surface area contributed by atoms with Crippen LogP contribution in [0.1, 0.15) is 10.4 Å². The van der Waals surface area contributed by atoms with Gasteiger partial charge in [-0.05, 0) is 5.56 Å². The Morgan fingerprint density at radius 3 is 1.83 bits per heavy atom. The maximum atomic E-state index is 10.1. The maximum absolute atomic E-state index is 10.1. The van der Waals surface area contributed by atoms with Gasteiger partial charge in [0.2, 0.25) is 0 Å². The molecule has 0 fully saturated rings. The van der Waals surface area contributed by atoms with Crippen molar-refractivity contribution >= 4 is 29.0 Å². The maximum Gasteiger partial charge on any atom is 2.00 e. The zero-order valence-corrected chi connectivity index (χ0v) is 12.1. The summed E-state index contributed by atoms with van der Waals surface area (Å²) in [5, 5.41) is 10.1. The van der Waals surface area contributed by atoms with Crippen LogP contribution in [0.2, 0.25) is 0 Å². The van der Waals surface area contributed by atoms with E-state index >= 15 is 0 Å². The van der Waals surface area contributed by atoms with Gasteiger partial charge in [-0.2, -0.15) is 0 Å². The van der Waals surface area contributed by atoms with Crippen LogP contribution in [0.25, 0.3) is 0 Å². The number of carbonyl (C=O) groups excluding carboxylic acids is 1. The zero-order valence-electron chi connectivity index (χ0n) is 6.79. The van der Waals surface area contributed by atoms with Crippen molar-refractivity contribution in [3.63, 3.8) is 0 Å². The average Bonchev–Trinajstić information content (AvgIpc) is 1.90. The summed E-state index contributed by atoms with van der Waals surface area (Å²) < 4.78 is 0. The van der Waals surface area contributed by atoms with Crippen molar-refractivity contribution in [3.8, 4) is 0 Å². The van der Waals surface area contributed by atoms with Gasteiger partial charge in [0.05, 0.1) is 5.97 Å². The Kier molecular flexibility index (Phi) is 16.6. The summed E-state index contributed by atoms with van der Waals surface area (Å²) in [5.74, 6) is -1.13. The Morgan fingerprint density at radius 1 is 1.17 bits per heavy atom. The summed E-state index contributed by atoms with van der Waals surface area (Å²) in [5.41, 5.74) is 0.220. The molecule has 0 bridgehead atoms. The SMILES string of the molecule is O=C([O-])c1ccccc1.[Cl-].[K+].[Mg+2]. The first-order valence-corrected chi connectivity index (χ1v) is 2.57. The van der Waals surface area contributed by atoms with Crippen molar-refractivity contribution in [3.05, 3.63) is 35.9 Å². The monoisotopic (exact) mass is 219 g/mol. The topological polar surface area (TPSA) is 40.1 Å². The standard InChI is InChI=1S/C7H6O2.ClH.K.Mg/c8-7(9)6-4-2-1-3-5-6;;;/h1-5H,(H,8,9);1H;;/q;;+1;+2/p-2. The van der Waals surface area contributed by atoms with E-state index in [0.29, 0.717) is 0 Å². The molecule has 0 N–H and O–H groups in total. The predicted molar refractivity (Wildman–Crippen MR) is 36.5 cm³/mol. The molecule has 0 aromatic heterocycles. The van der Waals surface area contributed by atoms with E-state index in [-0.39, 0.29) is 92.4 Å². The number of hydrogen-bond donors (Lipinski definition) is 0. The molecule has 0 radical (unpaired) electrons. The molecule has 2 nitrogen and oxygen atoms in total. The van der Waals surface area contributed by atoms with Crippen LogP contribution in [0.15, 0.2) is 30.3 Å². The summed E-state index contributed by atoms with van der Waals surface area (Å²) in [6, 6.07) is 8.06. The number of rotatable bonds is 1. The minimum absolute atomic E-state index is 0. The number of carboxylic acid groups (broad SMARTS) is 1. The molecule has 5 heteroatoms. The third-order valence-electron chi connectivity index (χ3n) is 1.01. The Bertz CT molecular complexity index is 218. The van der Waals surface area contributed by atoms with Gasteiger partial charge in [-0.25, -0.2) is 0 Å². The van der Waals surface area contributed by atoms with Crippen molar-refractivity contribution in [1.29, 1.82) is 0 Å². The smallest absolute Gasteiger partial charge is 1.00 e. The van der Waals surface area contributed by atoms with Crippen LogP contribution in [0.5, 0.6) is 0 Å². The number of halogens is 1. The summed E-state index contributed by atoms with van der Waals surface area (Å²) in [6.07, 6.45) is 0. The van der Waals surface area contributed by atoms with Crippen LogP contribution in [0.4, 0.5) is 0 Å². The largest absolute Gasteiger partial charge is 2.00 e. The van der Waals surface area contributed by atoms with Crippen molar-refractivity contribution in [2.75, 3.05) is 0 Å². The van der Waals surface area contributed by atoms with Gasteiger partial charge in [-0.3, -0.25) is 0 Å². The predicted octanol–water partition coefficient (Wildman–Crippen LogP) is -6.32. The molecule has 0 atom stereocenters. The van der Waals surface area contributed by atoms with Crippen LogP contribution < -0.4 is 68.9 Å². The fourth-order valence-corrected chi connectivity index (χ4v) is 0.574. The van der Waals surface area contributed by atoms with E-state index in [9.17, 15) is 9.90 Å². The average molecular weight is 220 g/mol. The van der Waals surface area contributed by atoms with E-state index in [0.717, 1.165) is 0 Å². The second-order valence-corrected chi connectivity index (χ2v) is 1.65. The second-order valence-electron chi connectivity index (χ2n) is 1.65. The number of aromatic carboxylic acids is 1. The molecule has 0 saturated heterocycles. The van der Waals surface area contributed by atoms with Gasteiger partial charge in [0, 0.05) is 0 Å². The van der Waals surface area contributed by atoms with E-state index < -0.39 is 5.97 Å². The van der Waals surface area contributed by atoms with Crippen LogP contribution in [-0.4, -0.2) is 29.0 Å². The summed E-state index contributed by atoms with van der Waals surface area (Å²) in [6.45, 7) is 0. The molecular formula is C7H5ClKMgO2+. The molecule has 54 valence electrons. The van der Waals surface area contributed by atoms with E-state index in [4.69, 9.17) is 0 Å². The Hall–Kier alpha value is 1.38. The van der Waals surface area contributed by atoms with E-state index in [2.05, 4.69) is 0 Å². The van der Waals surface area contributed by atoms with Gasteiger partial charge in [0.15, 0.2) is 0 Å². The van der Waals surface area contributed by atoms with E-state index in [1.165, 1.54) is 12.1 Å². The molecule has 0 heterocycles. The van der Waals surface area contributed by atoms with Crippen LogP contribution >= 0.6 is 0 Å². The number of hydrogen-bond acceptors (Lipinski definition) is 2. The van der Waals surface area contributed by atoms with E-state index in [1.54, 1.807) is 18.2 Å². The van der Waals surface area contributed by atoms with Crippen LogP contribution in [-0.2, 0) is 0 Å². The molecule has 0 spiro atoms. The van der Waals surface area contributed by atoms with Crippen molar-refractivity contribution < 1.29 is 73.7 Å². The van der Waals surface area contributed by atoms with Crippen molar-refractivity contribution in [1.82, 2.24) is 0 Å². The Morgan fingerprint density at radius 2 is 1.58 bits per heavy atom. The van der Waals surface area contributed by atoms with Gasteiger partial charge in [0.25, 0.3) is 0 Å². The van der Waals surface area contributed by atoms with Crippen LogP contribution in [0, 0.1) is 0 Å². The van der Waals surface area contributed by atoms with Gasteiger partial charge in [-0.15, -0.1) is 0 Å². The normalized spacial score (nSPS) is 6.67. The first-order chi connectivity index (χ1) is 4.30. The van der Waals surface area contributed by atoms with Crippen molar-refractivity contribution in [2.45, 2.75) is 0 Å². The van der Waals surface area contributed by atoms with Gasteiger partial charge >= 0.3 is 74.4 Å². The fourth-order valence-electron chi connectivity index (χ4n) is 0.574. The van der Waals surface area contributed by atoms with E-state index in [1.807, 2.05) is 0 Å². The molecule has 1 aromatic carbocycles. The summed E-state index contributed by atoms with van der Waals surface area (Å²) in [7, 11) is 0. The summed E-state index contributed by atoms with van der Waals surface area (Å²) >= 11 is 0. The molecule has 0 aliphatic heterocycles. The third-order valence-corrected chi connectivity index (χ3v) is 1.01. The molecule has 12 heavy (non-hydrogen) atoms. The fraction of sp³-hybridized carbons (Fsp3) is 0. The van der Waals surface area contributed by atoms with Crippen LogP contribution in [0.3, 0.4) is 0 Å². The summed E-state index contributed by atoms with van der Waals surface area (Å²) in [4.78, 5) is 10.1. The number of carboxylic acids is 1. The molecule has 1 aromatic rings. The quantitative estimate of drug-likeness (QED) is 0.441. The molecule has 0 amide bonds. The Balaban J connectivity index is -0.000000270.